The Hall–Kier alpha value is -1.46. The lowest BCUT2D eigenvalue weighted by atomic mass is 10.1. The molecule has 0 atom stereocenters. The summed E-state index contributed by atoms with van der Waals surface area (Å²) < 4.78 is 5.07. The lowest BCUT2D eigenvalue weighted by molar-refractivity contribution is 0.0672. The Kier molecular flexibility index (Phi) is 6.61. The van der Waals surface area contributed by atoms with Crippen molar-refractivity contribution in [3.8, 4) is 0 Å². The molecule has 0 aliphatic heterocycles. The van der Waals surface area contributed by atoms with Gasteiger partial charge in [0.1, 0.15) is 4.99 Å². The summed E-state index contributed by atoms with van der Waals surface area (Å²) >= 11 is 4.95. The van der Waals surface area contributed by atoms with Crippen LogP contribution in [-0.2, 0) is 4.74 Å². The Balaban J connectivity index is 2.92. The quantitative estimate of drug-likeness (QED) is 0.782. The van der Waals surface area contributed by atoms with E-state index in [0.717, 1.165) is 0 Å². The van der Waals surface area contributed by atoms with Crippen LogP contribution in [0.1, 0.15) is 29.8 Å². The molecule has 0 saturated carbocycles. The maximum Gasteiger partial charge on any atom is 0.253 e. The number of thiocarbonyl (C=S) groups is 1. The van der Waals surface area contributed by atoms with Crippen LogP contribution in [0, 0.1) is 5.92 Å². The van der Waals surface area contributed by atoms with Crippen molar-refractivity contribution in [1.29, 1.82) is 0 Å². The highest BCUT2D eigenvalue weighted by atomic mass is 32.1. The molecule has 1 amide bonds. The maximum absolute atomic E-state index is 12.5. The van der Waals surface area contributed by atoms with Gasteiger partial charge >= 0.3 is 0 Å². The van der Waals surface area contributed by atoms with Gasteiger partial charge in [0.2, 0.25) is 0 Å². The first kappa shape index (κ1) is 16.6. The van der Waals surface area contributed by atoms with Gasteiger partial charge in [-0.3, -0.25) is 4.79 Å². The molecule has 0 unspecified atom stereocenters. The monoisotopic (exact) mass is 294 g/mol. The van der Waals surface area contributed by atoms with Gasteiger partial charge in [-0.25, -0.2) is 0 Å². The number of hydrogen-bond donors (Lipinski definition) is 1. The summed E-state index contributed by atoms with van der Waals surface area (Å²) in [6, 6.07) is 7.13. The zero-order chi connectivity index (χ0) is 15.1. The third-order valence-corrected chi connectivity index (χ3v) is 3.07. The number of rotatable bonds is 7. The molecule has 5 heteroatoms. The van der Waals surface area contributed by atoms with Crippen LogP contribution >= 0.6 is 12.2 Å². The highest BCUT2D eigenvalue weighted by molar-refractivity contribution is 7.80. The van der Waals surface area contributed by atoms with Crippen molar-refractivity contribution in [3.05, 3.63) is 35.4 Å². The maximum atomic E-state index is 12.5. The highest BCUT2D eigenvalue weighted by Crippen LogP contribution is 2.10. The van der Waals surface area contributed by atoms with E-state index in [-0.39, 0.29) is 5.91 Å². The second kappa shape index (κ2) is 7.97. The molecule has 2 N–H and O–H groups in total. The lowest BCUT2D eigenvalue weighted by Gasteiger charge is -2.24. The Labute approximate surface area is 125 Å². The first-order valence-electron chi connectivity index (χ1n) is 6.63. The van der Waals surface area contributed by atoms with E-state index >= 15 is 0 Å². The molecule has 4 nitrogen and oxygen atoms in total. The van der Waals surface area contributed by atoms with Crippen LogP contribution in [0.3, 0.4) is 0 Å². The van der Waals surface area contributed by atoms with Crippen LogP contribution in [0.2, 0.25) is 0 Å². The van der Waals surface area contributed by atoms with Gasteiger partial charge in [-0.2, -0.15) is 0 Å². The van der Waals surface area contributed by atoms with Crippen molar-refractivity contribution in [2.24, 2.45) is 11.7 Å². The molecule has 0 radical (unpaired) electrons. The van der Waals surface area contributed by atoms with E-state index in [4.69, 9.17) is 22.7 Å². The van der Waals surface area contributed by atoms with E-state index < -0.39 is 0 Å². The highest BCUT2D eigenvalue weighted by Gasteiger charge is 2.17. The second-order valence-electron chi connectivity index (χ2n) is 5.08. The van der Waals surface area contributed by atoms with Crippen molar-refractivity contribution in [3.63, 3.8) is 0 Å². The van der Waals surface area contributed by atoms with E-state index in [2.05, 4.69) is 13.8 Å². The largest absolute Gasteiger partial charge is 0.389 e. The Morgan fingerprint density at radius 3 is 2.60 bits per heavy atom. The summed E-state index contributed by atoms with van der Waals surface area (Å²) in [5, 5.41) is 0. The first-order chi connectivity index (χ1) is 9.45. The predicted octanol–water partition coefficient (Wildman–Crippen LogP) is 2.07. The molecular formula is C15H22N2O2S. The molecule has 0 spiro atoms. The lowest BCUT2D eigenvalue weighted by Crippen LogP contribution is -2.36. The number of carbonyl (C=O) groups excluding carboxylic acids is 1. The van der Waals surface area contributed by atoms with Crippen molar-refractivity contribution < 1.29 is 9.53 Å². The van der Waals surface area contributed by atoms with E-state index in [0.29, 0.717) is 41.7 Å². The van der Waals surface area contributed by atoms with E-state index in [1.54, 1.807) is 36.3 Å². The molecular weight excluding hydrogens is 272 g/mol. The van der Waals surface area contributed by atoms with Crippen LogP contribution in [0.25, 0.3) is 0 Å². The molecule has 1 aromatic rings. The fourth-order valence-corrected chi connectivity index (χ4v) is 2.03. The standard InChI is InChI=1S/C15H22N2O2S/c1-11(2)10-17(7-8-19-3)15(18)13-6-4-5-12(9-13)14(16)20/h4-6,9,11H,7-8,10H2,1-3H3,(H2,16,20). The average Bonchev–Trinajstić information content (AvgIpc) is 2.42. The minimum absolute atomic E-state index is 0.0196. The fraction of sp³-hybridized carbons (Fsp3) is 0.467. The summed E-state index contributed by atoms with van der Waals surface area (Å²) in [7, 11) is 1.63. The smallest absolute Gasteiger partial charge is 0.253 e. The normalized spacial score (nSPS) is 10.6. The number of hydrogen-bond acceptors (Lipinski definition) is 3. The number of nitrogens with zero attached hydrogens (tertiary/aromatic N) is 1. The second-order valence-corrected chi connectivity index (χ2v) is 5.52. The third-order valence-electron chi connectivity index (χ3n) is 2.83. The van der Waals surface area contributed by atoms with Crippen molar-refractivity contribution in [2.45, 2.75) is 13.8 Å². The van der Waals surface area contributed by atoms with Gasteiger partial charge in [0, 0.05) is 31.3 Å². The SMILES string of the molecule is COCCN(CC(C)C)C(=O)c1cccc(C(N)=S)c1. The van der Waals surface area contributed by atoms with Crippen molar-refractivity contribution in [1.82, 2.24) is 4.90 Å². The molecule has 0 bridgehead atoms. The fourth-order valence-electron chi connectivity index (χ4n) is 1.91. The van der Waals surface area contributed by atoms with Crippen LogP contribution in [0.5, 0.6) is 0 Å². The molecule has 1 rings (SSSR count). The Morgan fingerprint density at radius 1 is 1.40 bits per heavy atom. The summed E-state index contributed by atoms with van der Waals surface area (Å²) in [5.41, 5.74) is 6.92. The topological polar surface area (TPSA) is 55.6 Å². The molecule has 1 aromatic carbocycles. The summed E-state index contributed by atoms with van der Waals surface area (Å²) in [6.07, 6.45) is 0. The molecule has 0 aliphatic carbocycles. The van der Waals surface area contributed by atoms with Crippen LogP contribution in [0.4, 0.5) is 0 Å². The van der Waals surface area contributed by atoms with Gasteiger partial charge in [0.25, 0.3) is 5.91 Å². The molecule has 20 heavy (non-hydrogen) atoms. The Bertz CT molecular complexity index is 475. The van der Waals surface area contributed by atoms with Gasteiger partial charge in [-0.15, -0.1) is 0 Å². The van der Waals surface area contributed by atoms with Gasteiger partial charge in [0.05, 0.1) is 6.61 Å². The first-order valence-corrected chi connectivity index (χ1v) is 7.04. The summed E-state index contributed by atoms with van der Waals surface area (Å²) in [6.45, 7) is 5.95. The zero-order valence-corrected chi connectivity index (χ0v) is 13.1. The van der Waals surface area contributed by atoms with E-state index in [1.165, 1.54) is 0 Å². The summed E-state index contributed by atoms with van der Waals surface area (Å²) in [5.74, 6) is 0.378. The van der Waals surface area contributed by atoms with Crippen LogP contribution < -0.4 is 5.73 Å². The van der Waals surface area contributed by atoms with Crippen molar-refractivity contribution in [2.75, 3.05) is 26.8 Å². The van der Waals surface area contributed by atoms with E-state index in [1.807, 2.05) is 0 Å². The van der Waals surface area contributed by atoms with Gasteiger partial charge in [0.15, 0.2) is 0 Å². The average molecular weight is 294 g/mol. The number of carbonyl (C=O) groups is 1. The van der Waals surface area contributed by atoms with Crippen LogP contribution in [-0.4, -0.2) is 42.6 Å². The number of methoxy groups -OCH3 is 1. The molecule has 0 heterocycles. The number of nitrogens with two attached hydrogens (primary N) is 1. The number of benzene rings is 1. The van der Waals surface area contributed by atoms with Crippen molar-refractivity contribution >= 4 is 23.1 Å². The predicted molar refractivity (Wildman–Crippen MR) is 84.9 cm³/mol. The van der Waals surface area contributed by atoms with Gasteiger partial charge in [-0.1, -0.05) is 38.2 Å². The zero-order valence-electron chi connectivity index (χ0n) is 12.3. The minimum Gasteiger partial charge on any atom is -0.389 e. The molecule has 0 aromatic heterocycles. The molecule has 0 saturated heterocycles. The number of ether oxygens (including phenoxy) is 1. The molecule has 0 fully saturated rings. The number of amides is 1. The minimum atomic E-state index is -0.0196. The molecule has 110 valence electrons. The Morgan fingerprint density at radius 2 is 2.05 bits per heavy atom. The van der Waals surface area contributed by atoms with Gasteiger partial charge < -0.3 is 15.4 Å². The van der Waals surface area contributed by atoms with Gasteiger partial charge in [-0.05, 0) is 18.1 Å². The van der Waals surface area contributed by atoms with Crippen LogP contribution in [0.15, 0.2) is 24.3 Å². The van der Waals surface area contributed by atoms with E-state index in [9.17, 15) is 4.79 Å². The summed E-state index contributed by atoms with van der Waals surface area (Å²) in [4.78, 5) is 14.6. The third kappa shape index (κ3) is 4.90. The molecule has 0 aliphatic rings.